The van der Waals surface area contributed by atoms with Crippen LogP contribution in [0.5, 0.6) is 17.2 Å². The van der Waals surface area contributed by atoms with Gasteiger partial charge in [0.05, 0.1) is 7.11 Å². The topological polar surface area (TPSA) is 60.0 Å². The second-order valence-corrected chi connectivity index (χ2v) is 14.5. The van der Waals surface area contributed by atoms with Crippen LogP contribution in [0.3, 0.4) is 0 Å². The van der Waals surface area contributed by atoms with Gasteiger partial charge >= 0.3 is 0 Å². The van der Waals surface area contributed by atoms with Gasteiger partial charge in [0.2, 0.25) is 12.7 Å². The average molecular weight is 673 g/mol. The van der Waals surface area contributed by atoms with Crippen molar-refractivity contribution in [3.05, 3.63) is 125 Å². The van der Waals surface area contributed by atoms with Gasteiger partial charge in [0.15, 0.2) is 11.5 Å². The highest BCUT2D eigenvalue weighted by Crippen LogP contribution is 2.45. The summed E-state index contributed by atoms with van der Waals surface area (Å²) >= 11 is 0. The minimum absolute atomic E-state index is 0.110. The molecule has 2 heterocycles. The highest BCUT2D eigenvalue weighted by molar-refractivity contribution is 5.76. The normalized spacial score (nSPS) is 18.5. The molecule has 1 atom stereocenters. The Morgan fingerprint density at radius 3 is 2.22 bits per heavy atom. The van der Waals surface area contributed by atoms with E-state index in [0.29, 0.717) is 19.8 Å². The van der Waals surface area contributed by atoms with Gasteiger partial charge in [0.25, 0.3) is 0 Å². The van der Waals surface area contributed by atoms with Gasteiger partial charge in [-0.15, -0.1) is 0 Å². The number of rotatable bonds is 14. The monoisotopic (exact) mass is 672 g/mol. The van der Waals surface area contributed by atoms with Crippen molar-refractivity contribution < 1.29 is 19.0 Å². The summed E-state index contributed by atoms with van der Waals surface area (Å²) in [7, 11) is 1.67. The number of benzene rings is 4. The van der Waals surface area contributed by atoms with Crippen molar-refractivity contribution in [2.75, 3.05) is 33.5 Å². The van der Waals surface area contributed by atoms with Crippen LogP contribution < -0.4 is 19.5 Å². The Labute approximate surface area is 298 Å². The molecule has 2 aliphatic heterocycles. The summed E-state index contributed by atoms with van der Waals surface area (Å²) in [5.41, 5.74) is 6.86. The molecule has 6 nitrogen and oxygen atoms in total. The third-order valence-electron chi connectivity index (χ3n) is 11.7. The van der Waals surface area contributed by atoms with E-state index in [9.17, 15) is 4.79 Å². The molecule has 3 aliphatic rings. The standard InChI is InChI=1S/C44H52N2O4/c1-48-39-19-16-34(17-20-39)18-21-42(47)45-27-10-24-44(37-12-4-2-5-13-37,38-14-6-3-7-15-38)25-11-29-46-28-9-8-23-43(46)26-22-35-30-40-41(50-33-49-40)31-36(35)32-43/h2-7,12-17,19-20,30-31H,8-11,18,21-29,32-33H2,1H3,(H,45,47). The molecule has 1 N–H and O–H groups in total. The van der Waals surface area contributed by atoms with Crippen LogP contribution in [-0.2, 0) is 29.5 Å². The number of aryl methyl sites for hydroxylation is 2. The number of methoxy groups -OCH3 is 1. The first kappa shape index (κ1) is 34.2. The number of carbonyl (C=O) groups is 1. The second kappa shape index (κ2) is 15.7. The first-order valence-electron chi connectivity index (χ1n) is 18.7. The molecular formula is C44H52N2O4. The van der Waals surface area contributed by atoms with Crippen LogP contribution in [0.1, 0.15) is 85.6 Å². The second-order valence-electron chi connectivity index (χ2n) is 14.5. The summed E-state index contributed by atoms with van der Waals surface area (Å²) < 4.78 is 16.8. The lowest BCUT2D eigenvalue weighted by Crippen LogP contribution is -2.55. The van der Waals surface area contributed by atoms with Crippen molar-refractivity contribution in [1.82, 2.24) is 10.2 Å². The van der Waals surface area contributed by atoms with E-state index in [2.05, 4.69) is 83.0 Å². The Hall–Kier alpha value is -4.29. The third-order valence-corrected chi connectivity index (χ3v) is 11.7. The molecule has 4 aromatic rings. The molecule has 6 heteroatoms. The average Bonchev–Trinajstić information content (AvgIpc) is 3.63. The number of hydrogen-bond donors (Lipinski definition) is 1. The molecule has 0 aromatic heterocycles. The Balaban J connectivity index is 1.03. The largest absolute Gasteiger partial charge is 0.497 e. The molecule has 0 bridgehead atoms. The molecule has 1 unspecified atom stereocenters. The van der Waals surface area contributed by atoms with Crippen LogP contribution >= 0.6 is 0 Å². The minimum Gasteiger partial charge on any atom is -0.497 e. The molecular weight excluding hydrogens is 620 g/mol. The van der Waals surface area contributed by atoms with Crippen molar-refractivity contribution in [2.24, 2.45) is 0 Å². The van der Waals surface area contributed by atoms with Gasteiger partial charge in [-0.25, -0.2) is 0 Å². The van der Waals surface area contributed by atoms with Crippen molar-refractivity contribution in [3.8, 4) is 17.2 Å². The van der Waals surface area contributed by atoms with Gasteiger partial charge in [-0.05, 0) is 129 Å². The smallest absolute Gasteiger partial charge is 0.231 e. The van der Waals surface area contributed by atoms with Gasteiger partial charge in [-0.1, -0.05) is 79.2 Å². The third kappa shape index (κ3) is 7.56. The molecule has 0 radical (unpaired) electrons. The maximum Gasteiger partial charge on any atom is 0.231 e. The Kier molecular flexibility index (Phi) is 10.7. The predicted molar refractivity (Wildman–Crippen MR) is 199 cm³/mol. The van der Waals surface area contributed by atoms with Gasteiger partial charge in [-0.3, -0.25) is 9.69 Å². The number of ether oxygens (including phenoxy) is 3. The highest BCUT2D eigenvalue weighted by Gasteiger charge is 2.42. The fourth-order valence-corrected chi connectivity index (χ4v) is 8.93. The lowest BCUT2D eigenvalue weighted by atomic mass is 9.68. The van der Waals surface area contributed by atoms with Gasteiger partial charge in [0.1, 0.15) is 5.75 Å². The maximum atomic E-state index is 12.9. The number of likely N-dealkylation sites (tertiary alicyclic amines) is 1. The zero-order valence-electron chi connectivity index (χ0n) is 29.6. The van der Waals surface area contributed by atoms with Crippen molar-refractivity contribution in [2.45, 2.75) is 88.0 Å². The molecule has 1 amide bonds. The number of nitrogens with zero attached hydrogens (tertiary/aromatic N) is 1. The first-order chi connectivity index (χ1) is 24.6. The molecule has 1 fully saturated rings. The summed E-state index contributed by atoms with van der Waals surface area (Å²) in [5, 5.41) is 3.23. The van der Waals surface area contributed by atoms with E-state index >= 15 is 0 Å². The van der Waals surface area contributed by atoms with Crippen LogP contribution in [0.4, 0.5) is 0 Å². The van der Waals surface area contributed by atoms with Crippen molar-refractivity contribution >= 4 is 5.91 Å². The van der Waals surface area contributed by atoms with E-state index in [1.54, 1.807) is 7.11 Å². The summed E-state index contributed by atoms with van der Waals surface area (Å²) in [5.74, 6) is 2.76. The maximum absolute atomic E-state index is 12.9. The molecule has 4 aromatic carbocycles. The molecule has 1 saturated heterocycles. The van der Waals surface area contributed by atoms with E-state index in [-0.39, 0.29) is 16.9 Å². The van der Waals surface area contributed by atoms with Crippen molar-refractivity contribution in [1.29, 1.82) is 0 Å². The van der Waals surface area contributed by atoms with Crippen molar-refractivity contribution in [3.63, 3.8) is 0 Å². The van der Waals surface area contributed by atoms with Gasteiger partial charge in [0, 0.05) is 23.9 Å². The van der Waals surface area contributed by atoms with E-state index in [0.717, 1.165) is 74.3 Å². The molecule has 7 rings (SSSR count). The fourth-order valence-electron chi connectivity index (χ4n) is 8.93. The number of carbonyl (C=O) groups excluding carboxylic acids is 1. The molecule has 0 saturated carbocycles. The van der Waals surface area contributed by atoms with Crippen LogP contribution in [0.15, 0.2) is 97.1 Å². The van der Waals surface area contributed by atoms with E-state index in [1.165, 1.54) is 54.5 Å². The number of piperidine rings is 1. The van der Waals surface area contributed by atoms with Crippen LogP contribution in [0, 0.1) is 0 Å². The number of amides is 1. The Morgan fingerprint density at radius 2 is 1.52 bits per heavy atom. The Bertz CT molecular complexity index is 1670. The number of nitrogens with one attached hydrogen (secondary N) is 1. The van der Waals surface area contributed by atoms with E-state index < -0.39 is 0 Å². The lowest BCUT2D eigenvalue weighted by Gasteiger charge is -2.50. The van der Waals surface area contributed by atoms with Gasteiger partial charge < -0.3 is 19.5 Å². The SMILES string of the molecule is COc1ccc(CCC(=O)NCCCC(CCCN2CCCCC23CCc2cc4c(cc2C3)OCO4)(c2ccccc2)c2ccccc2)cc1. The van der Waals surface area contributed by atoms with E-state index in [1.807, 2.05) is 24.3 Å². The zero-order valence-corrected chi connectivity index (χ0v) is 29.6. The van der Waals surface area contributed by atoms with E-state index in [4.69, 9.17) is 14.2 Å². The zero-order chi connectivity index (χ0) is 34.2. The summed E-state index contributed by atoms with van der Waals surface area (Å²) in [6.45, 7) is 3.28. The predicted octanol–water partition coefficient (Wildman–Crippen LogP) is 8.43. The summed E-state index contributed by atoms with van der Waals surface area (Å²) in [6.07, 6.45) is 12.5. The quantitative estimate of drug-likeness (QED) is 0.136. The lowest BCUT2D eigenvalue weighted by molar-refractivity contribution is -0.121. The van der Waals surface area contributed by atoms with Crippen LogP contribution in [0.2, 0.25) is 0 Å². The molecule has 262 valence electrons. The van der Waals surface area contributed by atoms with Crippen LogP contribution in [0.25, 0.3) is 0 Å². The highest BCUT2D eigenvalue weighted by atomic mass is 16.7. The fraction of sp³-hybridized carbons (Fsp3) is 0.432. The molecule has 1 aliphatic carbocycles. The molecule has 50 heavy (non-hydrogen) atoms. The van der Waals surface area contributed by atoms with Gasteiger partial charge in [-0.2, -0.15) is 0 Å². The number of hydrogen-bond acceptors (Lipinski definition) is 5. The number of fused-ring (bicyclic) bond motifs is 2. The minimum atomic E-state index is -0.129. The first-order valence-corrected chi connectivity index (χ1v) is 18.7. The Morgan fingerprint density at radius 1 is 0.840 bits per heavy atom. The summed E-state index contributed by atoms with van der Waals surface area (Å²) in [4.78, 5) is 15.7. The molecule has 1 spiro atoms. The summed E-state index contributed by atoms with van der Waals surface area (Å²) in [6, 6.07) is 34.7. The van der Waals surface area contributed by atoms with Crippen LogP contribution in [-0.4, -0.2) is 49.9 Å².